The maximum atomic E-state index is 13.9. The number of piperazine rings is 1. The molecule has 0 aliphatic carbocycles. The van der Waals surface area contributed by atoms with E-state index in [-0.39, 0.29) is 29.6 Å². The van der Waals surface area contributed by atoms with E-state index in [4.69, 9.17) is 23.2 Å². The topological polar surface area (TPSA) is 35.5 Å². The van der Waals surface area contributed by atoms with Gasteiger partial charge in [0.1, 0.15) is 5.82 Å². The Morgan fingerprint density at radius 1 is 1.32 bits per heavy atom. The second-order valence-corrected chi connectivity index (χ2v) is 5.03. The first-order chi connectivity index (χ1) is 8.65. The molecule has 0 spiro atoms. The van der Waals surface area contributed by atoms with Gasteiger partial charge in [0.25, 0.3) is 0 Å². The van der Waals surface area contributed by atoms with Gasteiger partial charge in [-0.2, -0.15) is 0 Å². The van der Waals surface area contributed by atoms with Gasteiger partial charge in [-0.05, 0) is 12.1 Å². The summed E-state index contributed by atoms with van der Waals surface area (Å²) in [5, 5.41) is 13.2. The third-order valence-corrected chi connectivity index (χ3v) is 4.00. The van der Waals surface area contributed by atoms with Gasteiger partial charge in [-0.25, -0.2) is 4.39 Å². The van der Waals surface area contributed by atoms with E-state index in [9.17, 15) is 9.50 Å². The quantitative estimate of drug-likeness (QED) is 0.836. The number of benzene rings is 1. The molecule has 1 fully saturated rings. The van der Waals surface area contributed by atoms with E-state index in [1.807, 2.05) is 4.90 Å². The fourth-order valence-electron chi connectivity index (χ4n) is 2.23. The Labute approximate surface area is 128 Å². The summed E-state index contributed by atoms with van der Waals surface area (Å²) in [6.07, 6.45) is 0. The number of rotatable bonds is 3. The molecule has 1 aromatic carbocycles. The Morgan fingerprint density at radius 2 is 1.95 bits per heavy atom. The maximum absolute atomic E-state index is 13.9. The molecule has 1 saturated heterocycles. The molecule has 1 heterocycles. The minimum absolute atomic E-state index is 0. The van der Waals surface area contributed by atoms with Crippen LogP contribution in [0.5, 0.6) is 0 Å². The van der Waals surface area contributed by atoms with E-state index in [1.54, 1.807) is 0 Å². The van der Waals surface area contributed by atoms with Crippen LogP contribution in [0.25, 0.3) is 0 Å². The van der Waals surface area contributed by atoms with Crippen LogP contribution in [0.1, 0.15) is 11.6 Å². The average Bonchev–Trinajstić information content (AvgIpc) is 2.40. The fraction of sp³-hybridized carbons (Fsp3) is 0.500. The molecular weight excluding hydrogens is 314 g/mol. The Balaban J connectivity index is 0.00000180. The summed E-state index contributed by atoms with van der Waals surface area (Å²) in [7, 11) is 0. The van der Waals surface area contributed by atoms with Crippen LogP contribution in [0.15, 0.2) is 12.1 Å². The van der Waals surface area contributed by atoms with Crippen LogP contribution in [0.3, 0.4) is 0 Å². The van der Waals surface area contributed by atoms with Crippen molar-refractivity contribution < 1.29 is 9.50 Å². The minimum atomic E-state index is -0.446. The molecule has 0 bridgehead atoms. The SMILES string of the molecule is Cl.OC[C@@H](c1c(F)ccc(Cl)c1Cl)N1CCNCC1. The molecule has 0 radical (unpaired) electrons. The summed E-state index contributed by atoms with van der Waals surface area (Å²) < 4.78 is 13.9. The highest BCUT2D eigenvalue weighted by Crippen LogP contribution is 2.34. The highest BCUT2D eigenvalue weighted by molar-refractivity contribution is 6.42. The highest BCUT2D eigenvalue weighted by atomic mass is 35.5. The van der Waals surface area contributed by atoms with Crippen molar-refractivity contribution in [3.8, 4) is 0 Å². The molecule has 2 N–H and O–H groups in total. The Kier molecular flexibility index (Phi) is 6.80. The van der Waals surface area contributed by atoms with E-state index >= 15 is 0 Å². The zero-order valence-corrected chi connectivity index (χ0v) is 12.5. The Bertz CT molecular complexity index is 428. The molecule has 0 saturated carbocycles. The molecule has 108 valence electrons. The van der Waals surface area contributed by atoms with Crippen LogP contribution in [-0.2, 0) is 0 Å². The van der Waals surface area contributed by atoms with Crippen molar-refractivity contribution in [3.05, 3.63) is 33.6 Å². The lowest BCUT2D eigenvalue weighted by atomic mass is 10.0. The molecule has 0 aromatic heterocycles. The zero-order valence-electron chi connectivity index (χ0n) is 10.2. The minimum Gasteiger partial charge on any atom is -0.394 e. The van der Waals surface area contributed by atoms with Crippen LogP contribution < -0.4 is 5.32 Å². The van der Waals surface area contributed by atoms with Gasteiger partial charge in [0.15, 0.2) is 0 Å². The number of aliphatic hydroxyl groups excluding tert-OH is 1. The molecule has 1 aliphatic heterocycles. The lowest BCUT2D eigenvalue weighted by Crippen LogP contribution is -2.46. The summed E-state index contributed by atoms with van der Waals surface area (Å²) in [6, 6.07) is 2.27. The van der Waals surface area contributed by atoms with Crippen molar-refractivity contribution in [1.29, 1.82) is 0 Å². The number of hydrogen-bond acceptors (Lipinski definition) is 3. The molecule has 0 amide bonds. The van der Waals surface area contributed by atoms with Crippen molar-refractivity contribution in [1.82, 2.24) is 10.2 Å². The van der Waals surface area contributed by atoms with Gasteiger partial charge in [0.05, 0.1) is 22.7 Å². The van der Waals surface area contributed by atoms with E-state index in [0.717, 1.165) is 26.2 Å². The van der Waals surface area contributed by atoms with Crippen LogP contribution >= 0.6 is 35.6 Å². The van der Waals surface area contributed by atoms with E-state index in [2.05, 4.69) is 5.32 Å². The van der Waals surface area contributed by atoms with Crippen molar-refractivity contribution in [2.75, 3.05) is 32.8 Å². The highest BCUT2D eigenvalue weighted by Gasteiger charge is 2.27. The molecule has 1 aromatic rings. The van der Waals surface area contributed by atoms with Crippen molar-refractivity contribution in [2.24, 2.45) is 0 Å². The van der Waals surface area contributed by atoms with E-state index < -0.39 is 11.9 Å². The zero-order chi connectivity index (χ0) is 13.1. The molecule has 19 heavy (non-hydrogen) atoms. The van der Waals surface area contributed by atoms with Crippen LogP contribution in [0.4, 0.5) is 4.39 Å². The summed E-state index contributed by atoms with van der Waals surface area (Å²) >= 11 is 12.0. The molecule has 2 rings (SSSR count). The van der Waals surface area contributed by atoms with Gasteiger partial charge in [-0.1, -0.05) is 23.2 Å². The van der Waals surface area contributed by atoms with Gasteiger partial charge in [-0.3, -0.25) is 4.90 Å². The van der Waals surface area contributed by atoms with Crippen molar-refractivity contribution in [3.63, 3.8) is 0 Å². The average molecular weight is 330 g/mol. The monoisotopic (exact) mass is 328 g/mol. The number of nitrogens with one attached hydrogen (secondary N) is 1. The molecule has 1 atom stereocenters. The molecule has 1 aliphatic rings. The second kappa shape index (κ2) is 7.62. The van der Waals surface area contributed by atoms with Crippen LogP contribution in [-0.4, -0.2) is 42.8 Å². The van der Waals surface area contributed by atoms with Gasteiger partial charge in [0, 0.05) is 31.7 Å². The van der Waals surface area contributed by atoms with Gasteiger partial charge >= 0.3 is 0 Å². The molecule has 0 unspecified atom stereocenters. The number of hydrogen-bond donors (Lipinski definition) is 2. The summed E-state index contributed by atoms with van der Waals surface area (Å²) in [4.78, 5) is 2.01. The van der Waals surface area contributed by atoms with Crippen molar-refractivity contribution in [2.45, 2.75) is 6.04 Å². The van der Waals surface area contributed by atoms with Crippen LogP contribution in [0, 0.1) is 5.82 Å². The lowest BCUT2D eigenvalue weighted by Gasteiger charge is -2.34. The van der Waals surface area contributed by atoms with E-state index in [1.165, 1.54) is 12.1 Å². The van der Waals surface area contributed by atoms with Gasteiger partial charge in [0.2, 0.25) is 0 Å². The Morgan fingerprint density at radius 3 is 2.53 bits per heavy atom. The maximum Gasteiger partial charge on any atom is 0.129 e. The van der Waals surface area contributed by atoms with Gasteiger partial charge < -0.3 is 10.4 Å². The number of aliphatic hydroxyl groups is 1. The second-order valence-electron chi connectivity index (χ2n) is 4.24. The third kappa shape index (κ3) is 3.72. The number of nitrogens with zero attached hydrogens (tertiary/aromatic N) is 1. The lowest BCUT2D eigenvalue weighted by molar-refractivity contribution is 0.108. The molecular formula is C12H16Cl3FN2O. The standard InChI is InChI=1S/C12H15Cl2FN2O.ClH/c13-8-1-2-9(15)11(12(8)14)10(7-18)17-5-3-16-4-6-17;/h1-2,10,16,18H,3-7H2;1H/t10-;/m0./s1. The Hall–Kier alpha value is -0.100. The summed E-state index contributed by atoms with van der Waals surface area (Å²) in [6.45, 7) is 2.94. The van der Waals surface area contributed by atoms with Crippen molar-refractivity contribution >= 4 is 35.6 Å². The van der Waals surface area contributed by atoms with Gasteiger partial charge in [-0.15, -0.1) is 12.4 Å². The first-order valence-corrected chi connectivity index (χ1v) is 6.59. The largest absolute Gasteiger partial charge is 0.394 e. The summed E-state index contributed by atoms with van der Waals surface area (Å²) in [5.74, 6) is -0.429. The normalized spacial score (nSPS) is 17.9. The predicted octanol–water partition coefficient (Wildman–Crippen LogP) is 2.49. The fourth-order valence-corrected chi connectivity index (χ4v) is 2.68. The smallest absolute Gasteiger partial charge is 0.129 e. The van der Waals surface area contributed by atoms with E-state index in [0.29, 0.717) is 5.02 Å². The first kappa shape index (κ1) is 17.0. The molecule has 7 heteroatoms. The molecule has 3 nitrogen and oxygen atoms in total. The first-order valence-electron chi connectivity index (χ1n) is 5.84. The third-order valence-electron chi connectivity index (χ3n) is 3.18. The predicted molar refractivity (Wildman–Crippen MR) is 77.9 cm³/mol. The van der Waals surface area contributed by atoms with Crippen LogP contribution in [0.2, 0.25) is 10.0 Å². The number of halogens is 4. The summed E-state index contributed by atoms with van der Waals surface area (Å²) in [5.41, 5.74) is 0.286.